The van der Waals surface area contributed by atoms with Gasteiger partial charge in [-0.15, -0.1) is 0 Å². The number of hydrogen-bond acceptors (Lipinski definition) is 3. The molecule has 0 aliphatic carbocycles. The van der Waals surface area contributed by atoms with Gasteiger partial charge >= 0.3 is 0 Å². The molecule has 2 atom stereocenters. The smallest absolute Gasteiger partial charge is 0.0897 e. The van der Waals surface area contributed by atoms with E-state index in [1.54, 1.807) is 7.11 Å². The second kappa shape index (κ2) is 8.25. The summed E-state index contributed by atoms with van der Waals surface area (Å²) in [6, 6.07) is 9.03. The fourth-order valence-corrected chi connectivity index (χ4v) is 1.99. The standard InChI is InChI=1S/C15H25NO2/c1-4-13-6-5-7-14(9-13)8-12(2)16-10-15(17)11-18-3/h5-7,9,12,15-17H,4,8,10-11H2,1-3H3. The molecule has 0 bridgehead atoms. The molecule has 102 valence electrons. The molecule has 0 aliphatic heterocycles. The first-order valence-corrected chi connectivity index (χ1v) is 6.64. The normalized spacial score (nSPS) is 14.4. The SMILES string of the molecule is CCc1cccc(CC(C)NCC(O)COC)c1. The first-order valence-electron chi connectivity index (χ1n) is 6.64. The maximum absolute atomic E-state index is 9.56. The Hall–Kier alpha value is -0.900. The summed E-state index contributed by atoms with van der Waals surface area (Å²) in [5.74, 6) is 0. The summed E-state index contributed by atoms with van der Waals surface area (Å²) in [4.78, 5) is 0. The van der Waals surface area contributed by atoms with Crippen LogP contribution >= 0.6 is 0 Å². The molecule has 1 aromatic carbocycles. The van der Waals surface area contributed by atoms with Crippen molar-refractivity contribution in [3.63, 3.8) is 0 Å². The van der Waals surface area contributed by atoms with E-state index in [0.29, 0.717) is 19.2 Å². The number of aryl methyl sites for hydroxylation is 1. The van der Waals surface area contributed by atoms with Gasteiger partial charge < -0.3 is 15.2 Å². The number of aliphatic hydroxyl groups excluding tert-OH is 1. The molecule has 0 fully saturated rings. The molecule has 1 aromatic rings. The molecular weight excluding hydrogens is 226 g/mol. The molecule has 18 heavy (non-hydrogen) atoms. The van der Waals surface area contributed by atoms with Gasteiger partial charge in [0, 0.05) is 19.7 Å². The molecule has 0 saturated carbocycles. The van der Waals surface area contributed by atoms with Crippen molar-refractivity contribution in [3.05, 3.63) is 35.4 Å². The second-order valence-corrected chi connectivity index (χ2v) is 4.80. The maximum Gasteiger partial charge on any atom is 0.0897 e. The molecule has 1 rings (SSSR count). The molecule has 2 N–H and O–H groups in total. The summed E-state index contributed by atoms with van der Waals surface area (Å²) in [7, 11) is 1.60. The number of methoxy groups -OCH3 is 1. The highest BCUT2D eigenvalue weighted by atomic mass is 16.5. The van der Waals surface area contributed by atoms with Crippen LogP contribution in [-0.4, -0.2) is 37.5 Å². The lowest BCUT2D eigenvalue weighted by molar-refractivity contribution is 0.0631. The topological polar surface area (TPSA) is 41.5 Å². The lowest BCUT2D eigenvalue weighted by atomic mass is 10.0. The van der Waals surface area contributed by atoms with Crippen LogP contribution in [0, 0.1) is 0 Å². The zero-order valence-electron chi connectivity index (χ0n) is 11.6. The number of aliphatic hydroxyl groups is 1. The van der Waals surface area contributed by atoms with Gasteiger partial charge in [-0.05, 0) is 30.9 Å². The third-order valence-corrected chi connectivity index (χ3v) is 3.00. The predicted molar refractivity (Wildman–Crippen MR) is 74.9 cm³/mol. The van der Waals surface area contributed by atoms with Gasteiger partial charge in [0.1, 0.15) is 0 Å². The zero-order chi connectivity index (χ0) is 13.4. The van der Waals surface area contributed by atoms with Crippen molar-refractivity contribution >= 4 is 0 Å². The van der Waals surface area contributed by atoms with Gasteiger partial charge in [0.15, 0.2) is 0 Å². The van der Waals surface area contributed by atoms with Crippen molar-refractivity contribution < 1.29 is 9.84 Å². The molecule has 0 radical (unpaired) electrons. The van der Waals surface area contributed by atoms with Crippen LogP contribution < -0.4 is 5.32 Å². The third kappa shape index (κ3) is 5.63. The number of nitrogens with one attached hydrogen (secondary N) is 1. The van der Waals surface area contributed by atoms with Crippen LogP contribution in [0.25, 0.3) is 0 Å². The van der Waals surface area contributed by atoms with Crippen LogP contribution in [0.4, 0.5) is 0 Å². The van der Waals surface area contributed by atoms with Crippen LogP contribution in [0.1, 0.15) is 25.0 Å². The summed E-state index contributed by atoms with van der Waals surface area (Å²) in [6.07, 6.45) is 1.62. The highest BCUT2D eigenvalue weighted by molar-refractivity contribution is 5.24. The molecule has 3 heteroatoms. The maximum atomic E-state index is 9.56. The van der Waals surface area contributed by atoms with E-state index in [4.69, 9.17) is 4.74 Å². The van der Waals surface area contributed by atoms with Crippen molar-refractivity contribution in [2.45, 2.75) is 38.8 Å². The van der Waals surface area contributed by atoms with Gasteiger partial charge in [0.05, 0.1) is 12.7 Å². The number of rotatable bonds is 8. The van der Waals surface area contributed by atoms with Gasteiger partial charge in [-0.1, -0.05) is 31.2 Å². The summed E-state index contributed by atoms with van der Waals surface area (Å²) in [5.41, 5.74) is 2.72. The number of ether oxygens (including phenoxy) is 1. The lowest BCUT2D eigenvalue weighted by Gasteiger charge is -2.17. The summed E-state index contributed by atoms with van der Waals surface area (Å²) in [5, 5.41) is 12.9. The van der Waals surface area contributed by atoms with Crippen molar-refractivity contribution in [3.8, 4) is 0 Å². The van der Waals surface area contributed by atoms with Gasteiger partial charge in [0.25, 0.3) is 0 Å². The number of benzene rings is 1. The molecular formula is C15H25NO2. The van der Waals surface area contributed by atoms with Crippen LogP contribution in [0.15, 0.2) is 24.3 Å². The Labute approximate surface area is 110 Å². The first-order chi connectivity index (χ1) is 8.65. The summed E-state index contributed by atoms with van der Waals surface area (Å²) in [6.45, 7) is 5.26. The second-order valence-electron chi connectivity index (χ2n) is 4.80. The van der Waals surface area contributed by atoms with E-state index < -0.39 is 6.10 Å². The fourth-order valence-electron chi connectivity index (χ4n) is 1.99. The van der Waals surface area contributed by atoms with Crippen LogP contribution in [0.5, 0.6) is 0 Å². The van der Waals surface area contributed by atoms with Crippen molar-refractivity contribution in [2.75, 3.05) is 20.3 Å². The Morgan fingerprint density at radius 1 is 1.33 bits per heavy atom. The average Bonchev–Trinajstić information content (AvgIpc) is 2.37. The Bertz CT molecular complexity index is 341. The highest BCUT2D eigenvalue weighted by Crippen LogP contribution is 2.08. The Morgan fingerprint density at radius 2 is 2.06 bits per heavy atom. The third-order valence-electron chi connectivity index (χ3n) is 3.00. The van der Waals surface area contributed by atoms with E-state index in [2.05, 4.69) is 43.4 Å². The monoisotopic (exact) mass is 251 g/mol. The van der Waals surface area contributed by atoms with Gasteiger partial charge in [-0.2, -0.15) is 0 Å². The molecule has 3 nitrogen and oxygen atoms in total. The van der Waals surface area contributed by atoms with Crippen LogP contribution in [0.2, 0.25) is 0 Å². The van der Waals surface area contributed by atoms with Gasteiger partial charge in [0.2, 0.25) is 0 Å². The van der Waals surface area contributed by atoms with E-state index in [1.807, 2.05) is 0 Å². The van der Waals surface area contributed by atoms with E-state index in [1.165, 1.54) is 11.1 Å². The minimum absolute atomic E-state index is 0.351. The molecule has 2 unspecified atom stereocenters. The van der Waals surface area contributed by atoms with Crippen LogP contribution in [-0.2, 0) is 17.6 Å². The van der Waals surface area contributed by atoms with Crippen molar-refractivity contribution in [1.29, 1.82) is 0 Å². The van der Waals surface area contributed by atoms with E-state index in [0.717, 1.165) is 12.8 Å². The number of hydrogen-bond donors (Lipinski definition) is 2. The first kappa shape index (κ1) is 15.2. The molecule has 0 spiro atoms. The predicted octanol–water partition coefficient (Wildman–Crippen LogP) is 1.78. The molecule has 0 aliphatic rings. The molecule has 0 saturated heterocycles. The lowest BCUT2D eigenvalue weighted by Crippen LogP contribution is -2.36. The van der Waals surface area contributed by atoms with E-state index in [-0.39, 0.29) is 0 Å². The summed E-state index contributed by atoms with van der Waals surface area (Å²) >= 11 is 0. The Morgan fingerprint density at radius 3 is 2.72 bits per heavy atom. The van der Waals surface area contributed by atoms with E-state index >= 15 is 0 Å². The Kier molecular flexibility index (Phi) is 6.94. The average molecular weight is 251 g/mol. The highest BCUT2D eigenvalue weighted by Gasteiger charge is 2.07. The van der Waals surface area contributed by atoms with Gasteiger partial charge in [-0.3, -0.25) is 0 Å². The molecule has 0 aromatic heterocycles. The summed E-state index contributed by atoms with van der Waals surface area (Å²) < 4.78 is 4.89. The molecule has 0 amide bonds. The minimum atomic E-state index is -0.431. The quantitative estimate of drug-likeness (QED) is 0.740. The zero-order valence-corrected chi connectivity index (χ0v) is 11.6. The molecule has 0 heterocycles. The Balaban J connectivity index is 2.36. The fraction of sp³-hybridized carbons (Fsp3) is 0.600. The van der Waals surface area contributed by atoms with Crippen LogP contribution in [0.3, 0.4) is 0 Å². The van der Waals surface area contributed by atoms with E-state index in [9.17, 15) is 5.11 Å². The van der Waals surface area contributed by atoms with Crippen molar-refractivity contribution in [2.24, 2.45) is 0 Å². The minimum Gasteiger partial charge on any atom is -0.389 e. The van der Waals surface area contributed by atoms with Crippen molar-refractivity contribution in [1.82, 2.24) is 5.32 Å². The van der Waals surface area contributed by atoms with Gasteiger partial charge in [-0.25, -0.2) is 0 Å². The largest absolute Gasteiger partial charge is 0.389 e.